The number of nitrogens with one attached hydrogen (secondary N) is 2. The van der Waals surface area contributed by atoms with Crippen LogP contribution in [0, 0.1) is 0 Å². The molecule has 1 fully saturated rings. The van der Waals surface area contributed by atoms with Crippen molar-refractivity contribution in [1.29, 1.82) is 0 Å². The molecule has 0 aliphatic carbocycles. The summed E-state index contributed by atoms with van der Waals surface area (Å²) in [5, 5.41) is 14.2. The number of nitrogens with zero attached hydrogens (tertiary/aromatic N) is 5. The second-order valence-corrected chi connectivity index (χ2v) is 7.68. The van der Waals surface area contributed by atoms with Gasteiger partial charge in [0.15, 0.2) is 5.69 Å². The average Bonchev–Trinajstić information content (AvgIpc) is 2.73. The van der Waals surface area contributed by atoms with Crippen molar-refractivity contribution in [2.24, 2.45) is 0 Å². The Labute approximate surface area is 172 Å². The van der Waals surface area contributed by atoms with Crippen molar-refractivity contribution in [3.05, 3.63) is 42.1 Å². The number of benzene rings is 1. The highest BCUT2D eigenvalue weighted by atomic mass is 16.1. The summed E-state index contributed by atoms with van der Waals surface area (Å²) in [5.74, 6) is 0.417. The van der Waals surface area contributed by atoms with Crippen LogP contribution in [0.3, 0.4) is 0 Å². The van der Waals surface area contributed by atoms with E-state index in [9.17, 15) is 4.79 Å². The Morgan fingerprint density at radius 3 is 2.38 bits per heavy atom. The zero-order chi connectivity index (χ0) is 20.6. The highest BCUT2D eigenvalue weighted by molar-refractivity contribution is 6.02. The van der Waals surface area contributed by atoms with E-state index >= 15 is 0 Å². The third-order valence-corrected chi connectivity index (χ3v) is 4.98. The number of rotatable bonds is 8. The molecule has 1 saturated heterocycles. The van der Waals surface area contributed by atoms with Crippen LogP contribution < -0.4 is 15.5 Å². The number of hydrogen-bond acceptors (Lipinski definition) is 7. The maximum atomic E-state index is 12.4. The molecule has 2 aromatic rings. The lowest BCUT2D eigenvalue weighted by atomic mass is 10.2. The van der Waals surface area contributed by atoms with E-state index in [0.717, 1.165) is 51.4 Å². The molecule has 1 aromatic heterocycles. The smallest absolute Gasteiger partial charge is 0.276 e. The van der Waals surface area contributed by atoms with Crippen molar-refractivity contribution < 1.29 is 4.79 Å². The predicted molar refractivity (Wildman–Crippen MR) is 118 cm³/mol. The molecule has 2 heterocycles. The second kappa shape index (κ2) is 10.2. The lowest BCUT2D eigenvalue weighted by Crippen LogP contribution is -2.44. The molecular formula is C21H31N7O. The summed E-state index contributed by atoms with van der Waals surface area (Å²) in [4.78, 5) is 19.3. The van der Waals surface area contributed by atoms with Crippen LogP contribution >= 0.6 is 0 Å². The van der Waals surface area contributed by atoms with Gasteiger partial charge in [0.25, 0.3) is 5.91 Å². The highest BCUT2D eigenvalue weighted by Crippen LogP contribution is 2.19. The minimum atomic E-state index is -0.260. The first-order valence-electron chi connectivity index (χ1n) is 10.1. The maximum absolute atomic E-state index is 12.4. The van der Waals surface area contributed by atoms with Gasteiger partial charge >= 0.3 is 0 Å². The van der Waals surface area contributed by atoms with Crippen molar-refractivity contribution in [2.75, 3.05) is 75.9 Å². The molecule has 0 bridgehead atoms. The molecule has 0 spiro atoms. The first kappa shape index (κ1) is 21.0. The summed E-state index contributed by atoms with van der Waals surface area (Å²) in [6.07, 6.45) is 1.01. The molecule has 0 unspecified atom stereocenters. The fourth-order valence-corrected chi connectivity index (χ4v) is 3.17. The number of carbonyl (C=O) groups is 1. The van der Waals surface area contributed by atoms with E-state index in [1.54, 1.807) is 12.1 Å². The van der Waals surface area contributed by atoms with Crippen LogP contribution in [-0.4, -0.2) is 86.3 Å². The van der Waals surface area contributed by atoms with Gasteiger partial charge in [-0.25, -0.2) is 0 Å². The average molecular weight is 398 g/mol. The molecule has 29 heavy (non-hydrogen) atoms. The topological polar surface area (TPSA) is 76.6 Å². The van der Waals surface area contributed by atoms with Crippen LogP contribution in [-0.2, 0) is 0 Å². The lowest BCUT2D eigenvalue weighted by molar-refractivity contribution is 0.102. The third-order valence-electron chi connectivity index (χ3n) is 4.98. The maximum Gasteiger partial charge on any atom is 0.276 e. The van der Waals surface area contributed by atoms with E-state index in [0.29, 0.717) is 11.5 Å². The van der Waals surface area contributed by atoms with Gasteiger partial charge in [0.05, 0.1) is 0 Å². The second-order valence-electron chi connectivity index (χ2n) is 7.68. The Balaban J connectivity index is 1.49. The Morgan fingerprint density at radius 2 is 1.76 bits per heavy atom. The van der Waals surface area contributed by atoms with Crippen LogP contribution in [0.2, 0.25) is 0 Å². The summed E-state index contributed by atoms with van der Waals surface area (Å²) in [6.45, 7) is 6.00. The zero-order valence-corrected chi connectivity index (χ0v) is 17.6. The van der Waals surface area contributed by atoms with Gasteiger partial charge in [-0.3, -0.25) is 4.79 Å². The van der Waals surface area contributed by atoms with Gasteiger partial charge in [-0.05, 0) is 70.5 Å². The van der Waals surface area contributed by atoms with E-state index in [2.05, 4.69) is 42.6 Å². The van der Waals surface area contributed by atoms with Gasteiger partial charge < -0.3 is 25.3 Å². The molecule has 1 aliphatic heterocycles. The van der Waals surface area contributed by atoms with E-state index < -0.39 is 0 Å². The number of likely N-dealkylation sites (N-methyl/N-ethyl adjacent to an activating group) is 1. The van der Waals surface area contributed by atoms with Gasteiger partial charge in [0, 0.05) is 44.1 Å². The van der Waals surface area contributed by atoms with E-state index in [1.165, 1.54) is 5.69 Å². The largest absolute Gasteiger partial charge is 0.369 e. The summed E-state index contributed by atoms with van der Waals surface area (Å²) in [5.41, 5.74) is 2.23. The van der Waals surface area contributed by atoms with E-state index in [-0.39, 0.29) is 5.91 Å². The van der Waals surface area contributed by atoms with Crippen LogP contribution in [0.5, 0.6) is 0 Å². The molecule has 3 rings (SSSR count). The molecular weight excluding hydrogens is 366 g/mol. The molecule has 0 atom stereocenters. The minimum Gasteiger partial charge on any atom is -0.369 e. The molecule has 1 amide bonds. The van der Waals surface area contributed by atoms with Crippen LogP contribution in [0.15, 0.2) is 36.4 Å². The highest BCUT2D eigenvalue weighted by Gasteiger charge is 2.14. The third kappa shape index (κ3) is 6.40. The molecule has 0 radical (unpaired) electrons. The van der Waals surface area contributed by atoms with E-state index in [1.807, 2.05) is 38.4 Å². The molecule has 1 aromatic carbocycles. The first-order valence-corrected chi connectivity index (χ1v) is 10.1. The Hall–Kier alpha value is -2.71. The Kier molecular flexibility index (Phi) is 7.37. The van der Waals surface area contributed by atoms with Crippen LogP contribution in [0.4, 0.5) is 17.2 Å². The molecule has 0 saturated carbocycles. The van der Waals surface area contributed by atoms with Crippen LogP contribution in [0.25, 0.3) is 0 Å². The number of piperazine rings is 1. The Morgan fingerprint density at radius 1 is 1.03 bits per heavy atom. The van der Waals surface area contributed by atoms with Crippen molar-refractivity contribution in [2.45, 2.75) is 6.42 Å². The van der Waals surface area contributed by atoms with Gasteiger partial charge in [-0.1, -0.05) is 0 Å². The van der Waals surface area contributed by atoms with Gasteiger partial charge in [0.2, 0.25) is 0 Å². The monoisotopic (exact) mass is 397 g/mol. The SMILES string of the molecule is CN(C)CCCNc1ccc(C(=O)Nc2ccc(N3CCN(C)CC3)cc2)nn1. The van der Waals surface area contributed by atoms with Crippen molar-refractivity contribution >= 4 is 23.1 Å². The quantitative estimate of drug-likeness (QED) is 0.658. The summed E-state index contributed by atoms with van der Waals surface area (Å²) >= 11 is 0. The van der Waals surface area contributed by atoms with Crippen molar-refractivity contribution in [3.8, 4) is 0 Å². The number of anilines is 3. The summed E-state index contributed by atoms with van der Waals surface area (Å²) in [6, 6.07) is 11.4. The van der Waals surface area contributed by atoms with Crippen LogP contribution in [0.1, 0.15) is 16.9 Å². The lowest BCUT2D eigenvalue weighted by Gasteiger charge is -2.34. The summed E-state index contributed by atoms with van der Waals surface area (Å²) in [7, 11) is 6.24. The Bertz CT molecular complexity index is 769. The standard InChI is InChI=1S/C21H31N7O/c1-26(2)12-4-11-22-20-10-9-19(24-25-20)21(29)23-17-5-7-18(8-6-17)28-15-13-27(3)14-16-28/h5-10H,4,11-16H2,1-3H3,(H,22,25)(H,23,29). The molecule has 8 nitrogen and oxygen atoms in total. The van der Waals surface area contributed by atoms with Gasteiger partial charge in [-0.2, -0.15) is 0 Å². The number of aromatic nitrogens is 2. The van der Waals surface area contributed by atoms with Gasteiger partial charge in [-0.15, -0.1) is 10.2 Å². The molecule has 2 N–H and O–H groups in total. The first-order chi connectivity index (χ1) is 14.0. The van der Waals surface area contributed by atoms with Crippen molar-refractivity contribution in [1.82, 2.24) is 20.0 Å². The fourth-order valence-electron chi connectivity index (χ4n) is 3.17. The molecule has 8 heteroatoms. The van der Waals surface area contributed by atoms with Gasteiger partial charge in [0.1, 0.15) is 5.82 Å². The minimum absolute atomic E-state index is 0.260. The number of amides is 1. The fraction of sp³-hybridized carbons (Fsp3) is 0.476. The van der Waals surface area contributed by atoms with E-state index in [4.69, 9.17) is 0 Å². The number of carbonyl (C=O) groups excluding carboxylic acids is 1. The zero-order valence-electron chi connectivity index (χ0n) is 17.6. The normalized spacial score (nSPS) is 14.8. The number of hydrogen-bond donors (Lipinski definition) is 2. The molecule has 1 aliphatic rings. The molecule has 156 valence electrons. The predicted octanol–water partition coefficient (Wildman–Crippen LogP) is 1.84. The summed E-state index contributed by atoms with van der Waals surface area (Å²) < 4.78 is 0. The van der Waals surface area contributed by atoms with Crippen molar-refractivity contribution in [3.63, 3.8) is 0 Å².